The van der Waals surface area contributed by atoms with Crippen LogP contribution in [0.1, 0.15) is 56.1 Å². The molecule has 0 unspecified atom stereocenters. The van der Waals surface area contributed by atoms with Gasteiger partial charge in [0, 0.05) is 11.4 Å². The number of carbonyl (C=O) groups excluding carboxylic acids is 3. The summed E-state index contributed by atoms with van der Waals surface area (Å²) in [6, 6.07) is 3.07. The Morgan fingerprint density at radius 3 is 1.85 bits per heavy atom. The van der Waals surface area contributed by atoms with Crippen molar-refractivity contribution < 1.29 is 28.6 Å². The smallest absolute Gasteiger partial charge is 0.348 e. The molecule has 1 aromatic rings. The van der Waals surface area contributed by atoms with Gasteiger partial charge in [-0.15, -0.1) is 11.3 Å². The van der Waals surface area contributed by atoms with E-state index in [1.807, 2.05) is 0 Å². The van der Waals surface area contributed by atoms with Crippen LogP contribution in [0.25, 0.3) is 5.57 Å². The Morgan fingerprint density at radius 1 is 0.926 bits per heavy atom. The van der Waals surface area contributed by atoms with Gasteiger partial charge in [0.05, 0.1) is 18.3 Å². The van der Waals surface area contributed by atoms with Gasteiger partial charge in [0.15, 0.2) is 0 Å². The SMILES string of the molecule is COC(=O)c1ccc(C(C(=O)OC(C)(C)C)=C(CN)C(=O)OC(C)(C)C)s1. The largest absolute Gasteiger partial charge is 0.465 e. The van der Waals surface area contributed by atoms with Crippen molar-refractivity contribution in [3.8, 4) is 0 Å². The maximum absolute atomic E-state index is 12.8. The quantitative estimate of drug-likeness (QED) is 0.463. The van der Waals surface area contributed by atoms with Crippen LogP contribution in [-0.4, -0.2) is 42.8 Å². The van der Waals surface area contributed by atoms with Crippen molar-refractivity contribution in [3.05, 3.63) is 27.5 Å². The number of rotatable bonds is 5. The first-order chi connectivity index (χ1) is 12.3. The number of thiophene rings is 1. The van der Waals surface area contributed by atoms with Crippen molar-refractivity contribution in [1.29, 1.82) is 0 Å². The van der Waals surface area contributed by atoms with Crippen LogP contribution in [0.5, 0.6) is 0 Å². The molecule has 0 amide bonds. The Labute approximate surface area is 163 Å². The molecular weight excluding hydrogens is 370 g/mol. The number of esters is 3. The summed E-state index contributed by atoms with van der Waals surface area (Å²) in [5, 5.41) is 0. The first kappa shape index (κ1) is 22.9. The second kappa shape index (κ2) is 8.67. The van der Waals surface area contributed by atoms with Crippen LogP contribution in [-0.2, 0) is 23.8 Å². The first-order valence-electron chi connectivity index (χ1n) is 8.37. The fourth-order valence-electron chi connectivity index (χ4n) is 2.01. The molecule has 0 radical (unpaired) electrons. The van der Waals surface area contributed by atoms with Gasteiger partial charge in [0.25, 0.3) is 0 Å². The van der Waals surface area contributed by atoms with Gasteiger partial charge in [0.1, 0.15) is 16.1 Å². The molecule has 0 aliphatic rings. The molecule has 0 aliphatic heterocycles. The number of nitrogens with two attached hydrogens (primary N) is 1. The number of hydrogen-bond donors (Lipinski definition) is 1. The second-order valence-corrected chi connectivity index (χ2v) is 8.80. The molecule has 1 rings (SSSR count). The first-order valence-corrected chi connectivity index (χ1v) is 9.19. The number of methoxy groups -OCH3 is 1. The van der Waals surface area contributed by atoms with Gasteiger partial charge < -0.3 is 19.9 Å². The normalized spacial score (nSPS) is 12.9. The summed E-state index contributed by atoms with van der Waals surface area (Å²) in [4.78, 5) is 37.8. The van der Waals surface area contributed by atoms with Crippen molar-refractivity contribution in [3.63, 3.8) is 0 Å². The van der Waals surface area contributed by atoms with Crippen molar-refractivity contribution in [2.45, 2.75) is 52.7 Å². The Bertz CT molecular complexity index is 749. The zero-order valence-corrected chi connectivity index (χ0v) is 17.6. The predicted molar refractivity (Wildman–Crippen MR) is 103 cm³/mol. The van der Waals surface area contributed by atoms with Crippen LogP contribution in [0, 0.1) is 0 Å². The van der Waals surface area contributed by atoms with Crippen LogP contribution >= 0.6 is 11.3 Å². The second-order valence-electron chi connectivity index (χ2n) is 7.72. The molecule has 0 aromatic carbocycles. The molecule has 0 saturated carbocycles. The minimum Gasteiger partial charge on any atom is -0.465 e. The van der Waals surface area contributed by atoms with Crippen LogP contribution in [0.15, 0.2) is 17.7 Å². The Hall–Kier alpha value is -2.19. The molecule has 1 aromatic heterocycles. The zero-order valence-electron chi connectivity index (χ0n) is 16.8. The summed E-state index contributed by atoms with van der Waals surface area (Å²) in [5.74, 6) is -1.97. The van der Waals surface area contributed by atoms with Crippen LogP contribution in [0.2, 0.25) is 0 Å². The topological polar surface area (TPSA) is 105 Å². The lowest BCUT2D eigenvalue weighted by Gasteiger charge is -2.23. The number of ether oxygens (including phenoxy) is 3. The minimum absolute atomic E-state index is 0.0122. The highest BCUT2D eigenvalue weighted by atomic mass is 32.1. The molecule has 2 N–H and O–H groups in total. The summed E-state index contributed by atoms with van der Waals surface area (Å²) in [5.41, 5.74) is 4.20. The summed E-state index contributed by atoms with van der Waals surface area (Å²) >= 11 is 1.01. The van der Waals surface area contributed by atoms with E-state index in [1.165, 1.54) is 13.2 Å². The van der Waals surface area contributed by atoms with Crippen molar-refractivity contribution >= 4 is 34.8 Å². The average Bonchev–Trinajstić information content (AvgIpc) is 2.97. The zero-order chi connectivity index (χ0) is 21.0. The van der Waals surface area contributed by atoms with Crippen LogP contribution in [0.3, 0.4) is 0 Å². The van der Waals surface area contributed by atoms with E-state index in [2.05, 4.69) is 0 Å². The standard InChI is InChI=1S/C19H27NO6S/c1-18(2,3)25-15(21)11(10-20)14(17(23)26-19(4,5)6)12-8-9-13(27-12)16(22)24-7/h8-9H,10,20H2,1-7H3. The highest BCUT2D eigenvalue weighted by Gasteiger charge is 2.30. The van der Waals surface area contributed by atoms with E-state index in [4.69, 9.17) is 19.9 Å². The Kier molecular flexibility index (Phi) is 7.33. The summed E-state index contributed by atoms with van der Waals surface area (Å²) < 4.78 is 15.5. The summed E-state index contributed by atoms with van der Waals surface area (Å²) in [7, 11) is 1.26. The van der Waals surface area contributed by atoms with Gasteiger partial charge in [-0.25, -0.2) is 14.4 Å². The lowest BCUT2D eigenvalue weighted by molar-refractivity contribution is -0.151. The van der Waals surface area contributed by atoms with Gasteiger partial charge >= 0.3 is 17.9 Å². The molecule has 8 heteroatoms. The van der Waals surface area contributed by atoms with Gasteiger partial charge in [-0.05, 0) is 53.7 Å². The summed E-state index contributed by atoms with van der Waals surface area (Å²) in [6.07, 6.45) is 0. The van der Waals surface area contributed by atoms with Crippen molar-refractivity contribution in [2.75, 3.05) is 13.7 Å². The molecule has 150 valence electrons. The van der Waals surface area contributed by atoms with Gasteiger partial charge in [0.2, 0.25) is 0 Å². The van der Waals surface area contributed by atoms with Crippen molar-refractivity contribution in [2.24, 2.45) is 5.73 Å². The Balaban J connectivity index is 3.52. The van der Waals surface area contributed by atoms with Gasteiger partial charge in [-0.2, -0.15) is 0 Å². The fraction of sp³-hybridized carbons (Fsp3) is 0.526. The van der Waals surface area contributed by atoms with E-state index in [0.717, 1.165) is 11.3 Å². The van der Waals surface area contributed by atoms with Crippen LogP contribution < -0.4 is 5.73 Å². The average molecular weight is 397 g/mol. The molecule has 27 heavy (non-hydrogen) atoms. The highest BCUT2D eigenvalue weighted by molar-refractivity contribution is 7.15. The molecule has 1 heterocycles. The molecule has 0 spiro atoms. The summed E-state index contributed by atoms with van der Waals surface area (Å²) in [6.45, 7) is 10.1. The third-order valence-electron chi connectivity index (χ3n) is 2.99. The van der Waals surface area contributed by atoms with E-state index in [1.54, 1.807) is 47.6 Å². The molecular formula is C19H27NO6S. The van der Waals surface area contributed by atoms with E-state index in [0.29, 0.717) is 4.88 Å². The number of hydrogen-bond acceptors (Lipinski definition) is 8. The third-order valence-corrected chi connectivity index (χ3v) is 4.08. The lowest BCUT2D eigenvalue weighted by Crippen LogP contribution is -2.30. The Morgan fingerprint density at radius 2 is 1.41 bits per heavy atom. The van der Waals surface area contributed by atoms with Gasteiger partial charge in [-0.3, -0.25) is 0 Å². The molecule has 0 atom stereocenters. The maximum atomic E-state index is 12.8. The van der Waals surface area contributed by atoms with E-state index in [-0.39, 0.29) is 22.6 Å². The molecule has 0 fully saturated rings. The third kappa shape index (κ3) is 6.80. The highest BCUT2D eigenvalue weighted by Crippen LogP contribution is 2.30. The molecule has 0 saturated heterocycles. The van der Waals surface area contributed by atoms with Gasteiger partial charge in [-0.1, -0.05) is 0 Å². The molecule has 7 nitrogen and oxygen atoms in total. The van der Waals surface area contributed by atoms with E-state index < -0.39 is 29.1 Å². The maximum Gasteiger partial charge on any atom is 0.348 e. The van der Waals surface area contributed by atoms with Crippen molar-refractivity contribution in [1.82, 2.24) is 0 Å². The monoisotopic (exact) mass is 397 g/mol. The number of carbonyl (C=O) groups is 3. The molecule has 0 aliphatic carbocycles. The van der Waals surface area contributed by atoms with Crippen LogP contribution in [0.4, 0.5) is 0 Å². The lowest BCUT2D eigenvalue weighted by atomic mass is 10.1. The minimum atomic E-state index is -0.779. The molecule has 0 bridgehead atoms. The van der Waals surface area contributed by atoms with E-state index >= 15 is 0 Å². The van der Waals surface area contributed by atoms with E-state index in [9.17, 15) is 14.4 Å². The predicted octanol–water partition coefficient (Wildman–Crippen LogP) is 2.93. The fourth-order valence-corrected chi connectivity index (χ4v) is 3.00.